The lowest BCUT2D eigenvalue weighted by Crippen LogP contribution is -2.09. The van der Waals surface area contributed by atoms with Gasteiger partial charge < -0.3 is 0 Å². The van der Waals surface area contributed by atoms with Gasteiger partial charge in [-0.3, -0.25) is 9.59 Å². The number of hydrogen-bond donors (Lipinski definition) is 0. The first-order valence-corrected chi connectivity index (χ1v) is 6.95. The summed E-state index contributed by atoms with van der Waals surface area (Å²) in [5.41, 5.74) is 2.83. The number of carbonyl (C=O) groups excluding carboxylic acids is 2. The van der Waals surface area contributed by atoms with E-state index in [-0.39, 0.29) is 23.9 Å². The summed E-state index contributed by atoms with van der Waals surface area (Å²) in [7, 11) is 0. The van der Waals surface area contributed by atoms with Gasteiger partial charge in [-0.1, -0.05) is 54.6 Å². The third-order valence-corrected chi connectivity index (χ3v) is 3.68. The molecule has 0 aliphatic heterocycles. The van der Waals surface area contributed by atoms with E-state index in [1.165, 1.54) is 0 Å². The topological polar surface area (TPSA) is 34.1 Å². The van der Waals surface area contributed by atoms with Crippen LogP contribution in [0.1, 0.15) is 29.6 Å². The van der Waals surface area contributed by atoms with Crippen LogP contribution in [0, 0.1) is 5.92 Å². The molecule has 0 saturated heterocycles. The van der Waals surface area contributed by atoms with E-state index in [4.69, 9.17) is 0 Å². The number of carbonyl (C=O) groups is 2. The minimum absolute atomic E-state index is 0.0509. The second-order valence-electron chi connectivity index (χ2n) is 5.28. The summed E-state index contributed by atoms with van der Waals surface area (Å²) >= 11 is 0. The van der Waals surface area contributed by atoms with E-state index >= 15 is 0 Å². The molecular weight excluding hydrogens is 248 g/mol. The zero-order valence-electron chi connectivity index (χ0n) is 11.2. The van der Waals surface area contributed by atoms with Crippen LogP contribution < -0.4 is 0 Å². The Morgan fingerprint density at radius 3 is 2.05 bits per heavy atom. The van der Waals surface area contributed by atoms with Crippen LogP contribution in [0.15, 0.2) is 54.6 Å². The number of hydrogen-bond acceptors (Lipinski definition) is 2. The molecule has 1 fully saturated rings. The van der Waals surface area contributed by atoms with Crippen LogP contribution in [0.25, 0.3) is 11.1 Å². The zero-order valence-corrected chi connectivity index (χ0v) is 11.2. The third-order valence-electron chi connectivity index (χ3n) is 3.68. The number of benzene rings is 2. The average molecular weight is 264 g/mol. The van der Waals surface area contributed by atoms with Gasteiger partial charge in [0.25, 0.3) is 0 Å². The van der Waals surface area contributed by atoms with Gasteiger partial charge in [-0.25, -0.2) is 0 Å². The van der Waals surface area contributed by atoms with Gasteiger partial charge in [0.15, 0.2) is 5.78 Å². The van der Waals surface area contributed by atoms with E-state index in [0.717, 1.165) is 24.0 Å². The van der Waals surface area contributed by atoms with Gasteiger partial charge in [0, 0.05) is 11.5 Å². The SMILES string of the molecule is O=C(CC(=O)C1CC1)c1ccc(-c2ccccc2)cc1. The quantitative estimate of drug-likeness (QED) is 0.606. The van der Waals surface area contributed by atoms with Gasteiger partial charge in [-0.05, 0) is 24.0 Å². The molecule has 1 aliphatic rings. The maximum absolute atomic E-state index is 12.0. The molecule has 0 unspecified atom stereocenters. The van der Waals surface area contributed by atoms with Crippen LogP contribution in [-0.4, -0.2) is 11.6 Å². The number of rotatable bonds is 5. The first-order chi connectivity index (χ1) is 9.74. The molecule has 0 heterocycles. The molecule has 1 saturated carbocycles. The highest BCUT2D eigenvalue weighted by Crippen LogP contribution is 2.31. The highest BCUT2D eigenvalue weighted by atomic mass is 16.1. The molecule has 1 aliphatic carbocycles. The average Bonchev–Trinajstić information content (AvgIpc) is 3.33. The Labute approximate surface area is 118 Å². The standard InChI is InChI=1S/C18H16O2/c19-17(12-18(20)16-10-11-16)15-8-6-14(7-9-15)13-4-2-1-3-5-13/h1-9,16H,10-12H2. The summed E-state index contributed by atoms with van der Waals surface area (Å²) in [4.78, 5) is 23.7. The van der Waals surface area contributed by atoms with Gasteiger partial charge in [0.05, 0.1) is 6.42 Å². The summed E-state index contributed by atoms with van der Waals surface area (Å²) in [6.45, 7) is 0. The lowest BCUT2D eigenvalue weighted by molar-refractivity contribution is -0.119. The smallest absolute Gasteiger partial charge is 0.170 e. The fourth-order valence-corrected chi connectivity index (χ4v) is 2.29. The van der Waals surface area contributed by atoms with Crippen LogP contribution in [0.3, 0.4) is 0 Å². The van der Waals surface area contributed by atoms with E-state index in [2.05, 4.69) is 0 Å². The maximum atomic E-state index is 12.0. The Bertz CT molecular complexity index is 622. The molecule has 3 rings (SSSR count). The minimum atomic E-state index is -0.0680. The molecule has 2 heteroatoms. The zero-order chi connectivity index (χ0) is 13.9. The van der Waals surface area contributed by atoms with Crippen LogP contribution in [-0.2, 0) is 4.79 Å². The lowest BCUT2D eigenvalue weighted by Gasteiger charge is -2.04. The second kappa shape index (κ2) is 5.41. The van der Waals surface area contributed by atoms with Crippen molar-refractivity contribution in [1.82, 2.24) is 0 Å². The number of Topliss-reactive ketones (excluding diaryl/α,β-unsaturated/α-hetero) is 2. The Morgan fingerprint density at radius 1 is 0.850 bits per heavy atom. The molecule has 0 spiro atoms. The normalized spacial score (nSPS) is 14.0. The molecule has 100 valence electrons. The van der Waals surface area contributed by atoms with E-state index in [0.29, 0.717) is 5.56 Å². The Hall–Kier alpha value is -2.22. The molecule has 0 N–H and O–H groups in total. The van der Waals surface area contributed by atoms with Crippen molar-refractivity contribution in [2.24, 2.45) is 5.92 Å². The van der Waals surface area contributed by atoms with Crippen LogP contribution in [0.5, 0.6) is 0 Å². The molecule has 0 amide bonds. The monoisotopic (exact) mass is 264 g/mol. The van der Waals surface area contributed by atoms with Gasteiger partial charge >= 0.3 is 0 Å². The number of ketones is 2. The van der Waals surface area contributed by atoms with Crippen molar-refractivity contribution >= 4 is 11.6 Å². The van der Waals surface area contributed by atoms with Crippen molar-refractivity contribution in [2.75, 3.05) is 0 Å². The van der Waals surface area contributed by atoms with Crippen LogP contribution >= 0.6 is 0 Å². The molecule has 0 bridgehead atoms. The largest absolute Gasteiger partial charge is 0.299 e. The first-order valence-electron chi connectivity index (χ1n) is 6.95. The second-order valence-corrected chi connectivity index (χ2v) is 5.28. The minimum Gasteiger partial charge on any atom is -0.299 e. The molecule has 2 aromatic rings. The van der Waals surface area contributed by atoms with Crippen molar-refractivity contribution in [2.45, 2.75) is 19.3 Å². The van der Waals surface area contributed by atoms with Crippen molar-refractivity contribution in [3.8, 4) is 11.1 Å². The molecule has 2 aromatic carbocycles. The van der Waals surface area contributed by atoms with Gasteiger partial charge in [0.2, 0.25) is 0 Å². The summed E-state index contributed by atoms with van der Waals surface area (Å²) in [5.74, 6) is 0.186. The van der Waals surface area contributed by atoms with Gasteiger partial charge in [-0.2, -0.15) is 0 Å². The van der Waals surface area contributed by atoms with E-state index < -0.39 is 0 Å². The third kappa shape index (κ3) is 2.85. The van der Waals surface area contributed by atoms with Crippen molar-refractivity contribution < 1.29 is 9.59 Å². The highest BCUT2D eigenvalue weighted by molar-refractivity contribution is 6.09. The lowest BCUT2D eigenvalue weighted by atomic mass is 10.00. The van der Waals surface area contributed by atoms with Crippen molar-refractivity contribution in [3.63, 3.8) is 0 Å². The molecule has 0 aromatic heterocycles. The van der Waals surface area contributed by atoms with E-state index in [1.807, 2.05) is 54.6 Å². The summed E-state index contributed by atoms with van der Waals surface area (Å²) in [6.07, 6.45) is 1.97. The fourth-order valence-electron chi connectivity index (χ4n) is 2.29. The fraction of sp³-hybridized carbons (Fsp3) is 0.222. The Kier molecular flexibility index (Phi) is 3.46. The summed E-state index contributed by atoms with van der Waals surface area (Å²) in [6, 6.07) is 17.5. The van der Waals surface area contributed by atoms with Crippen molar-refractivity contribution in [1.29, 1.82) is 0 Å². The molecule has 2 nitrogen and oxygen atoms in total. The molecular formula is C18H16O2. The summed E-state index contributed by atoms with van der Waals surface area (Å²) < 4.78 is 0. The maximum Gasteiger partial charge on any atom is 0.170 e. The molecule has 0 radical (unpaired) electrons. The van der Waals surface area contributed by atoms with Crippen LogP contribution in [0.4, 0.5) is 0 Å². The predicted octanol–water partition coefficient (Wildman–Crippen LogP) is 3.91. The van der Waals surface area contributed by atoms with Gasteiger partial charge in [0.1, 0.15) is 5.78 Å². The summed E-state index contributed by atoms with van der Waals surface area (Å²) in [5, 5.41) is 0. The first kappa shape index (κ1) is 12.8. The van der Waals surface area contributed by atoms with Crippen molar-refractivity contribution in [3.05, 3.63) is 60.2 Å². The van der Waals surface area contributed by atoms with Gasteiger partial charge in [-0.15, -0.1) is 0 Å². The Balaban J connectivity index is 1.72. The van der Waals surface area contributed by atoms with E-state index in [9.17, 15) is 9.59 Å². The van der Waals surface area contributed by atoms with Crippen LogP contribution in [0.2, 0.25) is 0 Å². The Morgan fingerprint density at radius 2 is 1.45 bits per heavy atom. The highest BCUT2D eigenvalue weighted by Gasteiger charge is 2.30. The molecule has 0 atom stereocenters. The van der Waals surface area contributed by atoms with E-state index in [1.54, 1.807) is 0 Å². The molecule has 20 heavy (non-hydrogen) atoms. The predicted molar refractivity (Wildman–Crippen MR) is 78.6 cm³/mol.